The summed E-state index contributed by atoms with van der Waals surface area (Å²) in [5.41, 5.74) is 0. The Morgan fingerprint density at radius 1 is 1.41 bits per heavy atom. The van der Waals surface area contributed by atoms with Crippen LogP contribution in [0, 0.1) is 6.92 Å². The van der Waals surface area contributed by atoms with Gasteiger partial charge in [-0.05, 0) is 12.1 Å². The van der Waals surface area contributed by atoms with E-state index in [0.717, 1.165) is 19.6 Å². The normalized spacial score (nSPS) is 19.3. The van der Waals surface area contributed by atoms with Crippen molar-refractivity contribution in [3.8, 4) is 5.75 Å². The summed E-state index contributed by atoms with van der Waals surface area (Å²) in [5, 5.41) is 4.56. The number of hydrogen-bond acceptors (Lipinski definition) is 6. The third-order valence-electron chi connectivity index (χ3n) is 3.48. The average Bonchev–Trinajstić information content (AvgIpc) is 2.96. The van der Waals surface area contributed by atoms with E-state index in [-0.39, 0.29) is 6.10 Å². The van der Waals surface area contributed by atoms with Gasteiger partial charge in [0, 0.05) is 26.6 Å². The Morgan fingerprint density at radius 2 is 2.27 bits per heavy atom. The van der Waals surface area contributed by atoms with Crippen LogP contribution in [0.5, 0.6) is 5.75 Å². The van der Waals surface area contributed by atoms with Crippen molar-refractivity contribution < 1.29 is 14.0 Å². The Bertz CT molecular complexity index is 620. The van der Waals surface area contributed by atoms with Crippen LogP contribution in [0.1, 0.15) is 17.8 Å². The van der Waals surface area contributed by atoms with E-state index in [0.29, 0.717) is 35.7 Å². The third kappa shape index (κ3) is 3.76. The maximum absolute atomic E-state index is 6.07. The summed E-state index contributed by atoms with van der Waals surface area (Å²) in [6.07, 6.45) is -0.147. The summed E-state index contributed by atoms with van der Waals surface area (Å²) in [7, 11) is 0. The van der Waals surface area contributed by atoms with Gasteiger partial charge in [-0.2, -0.15) is 4.98 Å². The van der Waals surface area contributed by atoms with Gasteiger partial charge in [0.1, 0.15) is 18.5 Å². The van der Waals surface area contributed by atoms with Crippen LogP contribution in [0.25, 0.3) is 0 Å². The number of nitrogens with zero attached hydrogens (tertiary/aromatic N) is 3. The molecular weight excluding hydrogens is 306 g/mol. The van der Waals surface area contributed by atoms with Crippen LogP contribution < -0.4 is 4.74 Å². The highest BCUT2D eigenvalue weighted by Gasteiger charge is 2.25. The van der Waals surface area contributed by atoms with Gasteiger partial charge in [-0.3, -0.25) is 4.90 Å². The smallest absolute Gasteiger partial charge is 0.223 e. The second-order valence-corrected chi connectivity index (χ2v) is 5.52. The summed E-state index contributed by atoms with van der Waals surface area (Å²) in [6.45, 7) is 5.37. The van der Waals surface area contributed by atoms with E-state index in [1.165, 1.54) is 0 Å². The molecular formula is C15H18ClN3O3. The minimum absolute atomic E-state index is 0.147. The number of aryl methyl sites for hydroxylation is 1. The molecule has 7 heteroatoms. The molecule has 6 nitrogen and oxygen atoms in total. The van der Waals surface area contributed by atoms with E-state index in [2.05, 4.69) is 15.0 Å². The Hall–Kier alpha value is -1.63. The number of ether oxygens (including phenoxy) is 2. The summed E-state index contributed by atoms with van der Waals surface area (Å²) in [6, 6.07) is 7.48. The van der Waals surface area contributed by atoms with E-state index in [9.17, 15) is 0 Å². The van der Waals surface area contributed by atoms with Crippen LogP contribution >= 0.6 is 11.6 Å². The van der Waals surface area contributed by atoms with Crippen molar-refractivity contribution in [3.05, 3.63) is 41.0 Å². The van der Waals surface area contributed by atoms with Gasteiger partial charge in [0.2, 0.25) is 11.7 Å². The first kappa shape index (κ1) is 15.3. The van der Waals surface area contributed by atoms with Crippen molar-refractivity contribution in [1.29, 1.82) is 0 Å². The zero-order valence-electron chi connectivity index (χ0n) is 12.4. The van der Waals surface area contributed by atoms with Crippen LogP contribution in [0.2, 0.25) is 5.02 Å². The van der Waals surface area contributed by atoms with Crippen LogP contribution in [-0.4, -0.2) is 47.9 Å². The first-order valence-electron chi connectivity index (χ1n) is 7.24. The fourth-order valence-corrected chi connectivity index (χ4v) is 2.54. The molecule has 118 valence electrons. The summed E-state index contributed by atoms with van der Waals surface area (Å²) < 4.78 is 16.4. The molecule has 1 aliphatic rings. The predicted molar refractivity (Wildman–Crippen MR) is 81.1 cm³/mol. The molecule has 0 amide bonds. The zero-order valence-corrected chi connectivity index (χ0v) is 13.1. The molecule has 0 unspecified atom stereocenters. The topological polar surface area (TPSA) is 60.6 Å². The molecule has 1 fully saturated rings. The van der Waals surface area contributed by atoms with Gasteiger partial charge in [-0.25, -0.2) is 0 Å². The van der Waals surface area contributed by atoms with Gasteiger partial charge >= 0.3 is 0 Å². The number of morpholine rings is 1. The molecule has 0 N–H and O–H groups in total. The highest BCUT2D eigenvalue weighted by Crippen LogP contribution is 2.23. The lowest BCUT2D eigenvalue weighted by Crippen LogP contribution is -2.40. The molecule has 0 saturated carbocycles. The SMILES string of the molecule is Cc1nc([C@H]2CN(CCOc3ccccc3Cl)CCO2)no1. The zero-order chi connectivity index (χ0) is 15.4. The Labute approximate surface area is 134 Å². The lowest BCUT2D eigenvalue weighted by molar-refractivity contribution is -0.0379. The third-order valence-corrected chi connectivity index (χ3v) is 3.80. The van der Waals surface area contributed by atoms with Crippen molar-refractivity contribution in [2.24, 2.45) is 0 Å². The van der Waals surface area contributed by atoms with Gasteiger partial charge < -0.3 is 14.0 Å². The fourth-order valence-electron chi connectivity index (χ4n) is 2.35. The molecule has 0 bridgehead atoms. The van der Waals surface area contributed by atoms with E-state index >= 15 is 0 Å². The Balaban J connectivity index is 1.49. The number of rotatable bonds is 5. The number of para-hydroxylation sites is 1. The minimum Gasteiger partial charge on any atom is -0.491 e. The van der Waals surface area contributed by atoms with Crippen LogP contribution in [0.4, 0.5) is 0 Å². The van der Waals surface area contributed by atoms with Crippen molar-refractivity contribution >= 4 is 11.6 Å². The van der Waals surface area contributed by atoms with Crippen molar-refractivity contribution in [3.63, 3.8) is 0 Å². The van der Waals surface area contributed by atoms with E-state index in [1.54, 1.807) is 6.92 Å². The van der Waals surface area contributed by atoms with Crippen molar-refractivity contribution in [2.45, 2.75) is 13.0 Å². The molecule has 1 aromatic carbocycles. The molecule has 1 atom stereocenters. The number of benzene rings is 1. The molecule has 0 spiro atoms. The van der Waals surface area contributed by atoms with Gasteiger partial charge in [-0.1, -0.05) is 28.9 Å². The first-order valence-corrected chi connectivity index (χ1v) is 7.61. The van der Waals surface area contributed by atoms with E-state index < -0.39 is 0 Å². The molecule has 0 aliphatic carbocycles. The molecule has 22 heavy (non-hydrogen) atoms. The maximum Gasteiger partial charge on any atom is 0.223 e. The Kier molecular flexibility index (Phi) is 4.92. The molecule has 0 radical (unpaired) electrons. The molecule has 2 aromatic rings. The molecule has 1 aliphatic heterocycles. The number of hydrogen-bond donors (Lipinski definition) is 0. The average molecular weight is 324 g/mol. The summed E-state index contributed by atoms with van der Waals surface area (Å²) >= 11 is 6.07. The highest BCUT2D eigenvalue weighted by molar-refractivity contribution is 6.32. The van der Waals surface area contributed by atoms with E-state index in [1.807, 2.05) is 24.3 Å². The Morgan fingerprint density at radius 3 is 3.05 bits per heavy atom. The first-order chi connectivity index (χ1) is 10.7. The molecule has 1 aromatic heterocycles. The van der Waals surface area contributed by atoms with Crippen LogP contribution in [0.15, 0.2) is 28.8 Å². The van der Waals surface area contributed by atoms with Crippen LogP contribution in [0.3, 0.4) is 0 Å². The molecule has 1 saturated heterocycles. The highest BCUT2D eigenvalue weighted by atomic mass is 35.5. The van der Waals surface area contributed by atoms with Crippen molar-refractivity contribution in [1.82, 2.24) is 15.0 Å². The predicted octanol–water partition coefficient (Wildman–Crippen LogP) is 2.48. The summed E-state index contributed by atoms with van der Waals surface area (Å²) in [4.78, 5) is 6.49. The second kappa shape index (κ2) is 7.09. The largest absolute Gasteiger partial charge is 0.491 e. The lowest BCUT2D eigenvalue weighted by Gasteiger charge is -2.31. The fraction of sp³-hybridized carbons (Fsp3) is 0.467. The standard InChI is InChI=1S/C15H18ClN3O3/c1-11-17-15(18-22-11)14-10-19(7-9-21-14)6-8-20-13-5-3-2-4-12(13)16/h2-5,14H,6-10H2,1H3/t14-/m1/s1. The lowest BCUT2D eigenvalue weighted by atomic mass is 10.2. The molecule has 3 rings (SSSR count). The maximum atomic E-state index is 6.07. The second-order valence-electron chi connectivity index (χ2n) is 5.11. The summed E-state index contributed by atoms with van der Waals surface area (Å²) in [5.74, 6) is 1.87. The van der Waals surface area contributed by atoms with Crippen LogP contribution in [-0.2, 0) is 4.74 Å². The molecule has 2 heterocycles. The monoisotopic (exact) mass is 323 g/mol. The quantitative estimate of drug-likeness (QED) is 0.842. The number of halogens is 1. The van der Waals surface area contributed by atoms with E-state index in [4.69, 9.17) is 25.6 Å². The van der Waals surface area contributed by atoms with Gasteiger partial charge in [-0.15, -0.1) is 0 Å². The van der Waals surface area contributed by atoms with Gasteiger partial charge in [0.15, 0.2) is 0 Å². The van der Waals surface area contributed by atoms with Gasteiger partial charge in [0.25, 0.3) is 0 Å². The van der Waals surface area contributed by atoms with Gasteiger partial charge in [0.05, 0.1) is 11.6 Å². The van der Waals surface area contributed by atoms with Crippen molar-refractivity contribution in [2.75, 3.05) is 32.8 Å². The number of aromatic nitrogens is 2. The minimum atomic E-state index is -0.147.